The van der Waals surface area contributed by atoms with Gasteiger partial charge in [-0.25, -0.2) is 4.79 Å². The molecule has 3 N–H and O–H groups in total. The molecular formula is C13H18N2O4S. The first-order chi connectivity index (χ1) is 9.10. The number of nitrogens with one attached hydrogen (secondary N) is 2. The second kappa shape index (κ2) is 6.04. The third kappa shape index (κ3) is 4.65. The molecule has 1 aromatic heterocycles. The molecule has 0 spiro atoms. The first kappa shape index (κ1) is 16.2. The van der Waals surface area contributed by atoms with Crippen molar-refractivity contribution in [2.45, 2.75) is 39.3 Å². The average Bonchev–Trinajstić information content (AvgIpc) is 2.75. The van der Waals surface area contributed by atoms with Crippen molar-refractivity contribution >= 4 is 29.1 Å². The molecule has 0 radical (unpaired) electrons. The summed E-state index contributed by atoms with van der Waals surface area (Å²) in [6.07, 6.45) is 0. The molecule has 0 bridgehead atoms. The van der Waals surface area contributed by atoms with Crippen molar-refractivity contribution in [3.63, 3.8) is 0 Å². The Morgan fingerprint density at radius 1 is 1.20 bits per heavy atom. The van der Waals surface area contributed by atoms with E-state index in [0.717, 1.165) is 11.3 Å². The maximum atomic E-state index is 11.9. The third-order valence-corrected chi connectivity index (χ3v) is 3.35. The van der Waals surface area contributed by atoms with Gasteiger partial charge in [0.15, 0.2) is 0 Å². The molecular weight excluding hydrogens is 280 g/mol. The van der Waals surface area contributed by atoms with Gasteiger partial charge in [-0.2, -0.15) is 0 Å². The highest BCUT2D eigenvalue weighted by atomic mass is 32.1. The molecule has 7 heteroatoms. The van der Waals surface area contributed by atoms with Crippen molar-refractivity contribution in [2.24, 2.45) is 0 Å². The summed E-state index contributed by atoms with van der Waals surface area (Å²) in [6.45, 7) is 7.11. The van der Waals surface area contributed by atoms with Crippen molar-refractivity contribution < 1.29 is 19.5 Å². The van der Waals surface area contributed by atoms with E-state index in [-0.39, 0.29) is 21.2 Å². The maximum absolute atomic E-state index is 11.9. The van der Waals surface area contributed by atoms with Crippen LogP contribution in [0.15, 0.2) is 12.1 Å². The molecule has 6 nitrogen and oxygen atoms in total. The zero-order valence-electron chi connectivity index (χ0n) is 11.8. The lowest BCUT2D eigenvalue weighted by Crippen LogP contribution is -2.50. The zero-order valence-corrected chi connectivity index (χ0v) is 12.6. The number of amides is 2. The molecule has 0 aliphatic heterocycles. The number of hydrogen-bond acceptors (Lipinski definition) is 4. The number of aromatic carboxylic acids is 1. The van der Waals surface area contributed by atoms with Crippen molar-refractivity contribution in [3.8, 4) is 0 Å². The van der Waals surface area contributed by atoms with E-state index in [4.69, 9.17) is 5.11 Å². The molecule has 1 unspecified atom stereocenters. The Morgan fingerprint density at radius 3 is 2.20 bits per heavy atom. The average molecular weight is 298 g/mol. The number of thiophene rings is 1. The van der Waals surface area contributed by atoms with Gasteiger partial charge in [0.25, 0.3) is 5.91 Å². The molecule has 1 aromatic rings. The fourth-order valence-electron chi connectivity index (χ4n) is 1.39. The van der Waals surface area contributed by atoms with Gasteiger partial charge in [0, 0.05) is 5.54 Å². The maximum Gasteiger partial charge on any atom is 0.345 e. The van der Waals surface area contributed by atoms with E-state index in [0.29, 0.717) is 0 Å². The molecule has 20 heavy (non-hydrogen) atoms. The normalized spacial score (nSPS) is 12.6. The summed E-state index contributed by atoms with van der Waals surface area (Å²) in [7, 11) is 0. The van der Waals surface area contributed by atoms with E-state index in [1.165, 1.54) is 12.1 Å². The van der Waals surface area contributed by atoms with Crippen LogP contribution >= 0.6 is 11.3 Å². The van der Waals surface area contributed by atoms with E-state index in [2.05, 4.69) is 10.6 Å². The summed E-state index contributed by atoms with van der Waals surface area (Å²) in [4.78, 5) is 34.8. The Balaban J connectivity index is 2.65. The Hall–Kier alpha value is -1.89. The molecule has 0 aliphatic carbocycles. The fraction of sp³-hybridized carbons (Fsp3) is 0.462. The number of carbonyl (C=O) groups is 3. The minimum absolute atomic E-state index is 0.0851. The summed E-state index contributed by atoms with van der Waals surface area (Å²) >= 11 is 0.873. The highest BCUT2D eigenvalue weighted by Gasteiger charge is 2.22. The van der Waals surface area contributed by atoms with Crippen LogP contribution in [0.4, 0.5) is 0 Å². The molecule has 1 heterocycles. The number of carbonyl (C=O) groups excluding carboxylic acids is 2. The van der Waals surface area contributed by atoms with Crippen LogP contribution < -0.4 is 10.6 Å². The molecule has 0 saturated heterocycles. The van der Waals surface area contributed by atoms with Crippen LogP contribution in [0.2, 0.25) is 0 Å². The van der Waals surface area contributed by atoms with Crippen LogP contribution in [0.1, 0.15) is 47.0 Å². The minimum Gasteiger partial charge on any atom is -0.477 e. The Kier molecular flexibility index (Phi) is 4.88. The van der Waals surface area contributed by atoms with Crippen LogP contribution in [0.5, 0.6) is 0 Å². The smallest absolute Gasteiger partial charge is 0.345 e. The summed E-state index contributed by atoms with van der Waals surface area (Å²) in [5.74, 6) is -1.83. The van der Waals surface area contributed by atoms with E-state index < -0.39 is 17.9 Å². The van der Waals surface area contributed by atoms with Gasteiger partial charge in [0.2, 0.25) is 5.91 Å². The van der Waals surface area contributed by atoms with Gasteiger partial charge in [-0.05, 0) is 39.8 Å². The molecule has 1 atom stereocenters. The van der Waals surface area contributed by atoms with Gasteiger partial charge in [-0.15, -0.1) is 11.3 Å². The van der Waals surface area contributed by atoms with Crippen LogP contribution in [0.3, 0.4) is 0 Å². The number of hydrogen-bond donors (Lipinski definition) is 3. The highest BCUT2D eigenvalue weighted by molar-refractivity contribution is 7.15. The van der Waals surface area contributed by atoms with E-state index in [9.17, 15) is 14.4 Å². The third-order valence-electron chi connectivity index (χ3n) is 2.28. The van der Waals surface area contributed by atoms with E-state index >= 15 is 0 Å². The SMILES string of the molecule is CC(NC(=O)c1ccc(C(=O)O)s1)C(=O)NC(C)(C)C. The lowest BCUT2D eigenvalue weighted by atomic mass is 10.1. The quantitative estimate of drug-likeness (QED) is 0.784. The molecule has 0 saturated carbocycles. The van der Waals surface area contributed by atoms with Gasteiger partial charge in [0.1, 0.15) is 10.9 Å². The second-order valence-corrected chi connectivity index (χ2v) is 6.49. The van der Waals surface area contributed by atoms with E-state index in [1.807, 2.05) is 20.8 Å². The molecule has 110 valence electrons. The van der Waals surface area contributed by atoms with Crippen molar-refractivity contribution in [1.29, 1.82) is 0 Å². The minimum atomic E-state index is -1.08. The fourth-order valence-corrected chi connectivity index (χ4v) is 2.13. The summed E-state index contributed by atoms with van der Waals surface area (Å²) in [5.41, 5.74) is -0.379. The van der Waals surface area contributed by atoms with Crippen LogP contribution in [-0.2, 0) is 4.79 Å². The van der Waals surface area contributed by atoms with Gasteiger partial charge in [-0.3, -0.25) is 9.59 Å². The van der Waals surface area contributed by atoms with Crippen molar-refractivity contribution in [3.05, 3.63) is 21.9 Å². The molecule has 2 amide bonds. The summed E-state index contributed by atoms with van der Waals surface area (Å²) < 4.78 is 0. The van der Waals surface area contributed by atoms with Crippen LogP contribution in [0.25, 0.3) is 0 Å². The van der Waals surface area contributed by atoms with Gasteiger partial charge in [0.05, 0.1) is 4.88 Å². The second-order valence-electron chi connectivity index (χ2n) is 5.40. The Bertz CT molecular complexity index is 531. The number of carboxylic acid groups (broad SMARTS) is 1. The Labute approximate surface area is 121 Å². The Morgan fingerprint density at radius 2 is 1.75 bits per heavy atom. The van der Waals surface area contributed by atoms with Gasteiger partial charge < -0.3 is 15.7 Å². The van der Waals surface area contributed by atoms with Crippen molar-refractivity contribution in [1.82, 2.24) is 10.6 Å². The predicted octanol–water partition coefficient (Wildman–Crippen LogP) is 1.48. The van der Waals surface area contributed by atoms with Crippen LogP contribution in [-0.4, -0.2) is 34.5 Å². The topological polar surface area (TPSA) is 95.5 Å². The first-order valence-corrected chi connectivity index (χ1v) is 6.88. The summed E-state index contributed by atoms with van der Waals surface area (Å²) in [6, 6.07) is 2.09. The molecule has 0 aliphatic rings. The lowest BCUT2D eigenvalue weighted by Gasteiger charge is -2.23. The van der Waals surface area contributed by atoms with Crippen LogP contribution in [0, 0.1) is 0 Å². The standard InChI is InChI=1S/C13H18N2O4S/c1-7(10(16)15-13(2,3)4)14-11(17)8-5-6-9(20-8)12(18)19/h5-7H,1-4H3,(H,14,17)(H,15,16)(H,18,19). The molecule has 1 rings (SSSR count). The lowest BCUT2D eigenvalue weighted by molar-refractivity contribution is -0.124. The van der Waals surface area contributed by atoms with Gasteiger partial charge in [-0.1, -0.05) is 0 Å². The number of carboxylic acids is 1. The van der Waals surface area contributed by atoms with E-state index in [1.54, 1.807) is 6.92 Å². The first-order valence-electron chi connectivity index (χ1n) is 6.06. The zero-order chi connectivity index (χ0) is 15.5. The monoisotopic (exact) mass is 298 g/mol. The predicted molar refractivity (Wildman–Crippen MR) is 76.1 cm³/mol. The number of rotatable bonds is 4. The van der Waals surface area contributed by atoms with Crippen molar-refractivity contribution in [2.75, 3.05) is 0 Å². The van der Waals surface area contributed by atoms with Gasteiger partial charge >= 0.3 is 5.97 Å². The molecule has 0 fully saturated rings. The molecule has 0 aromatic carbocycles. The highest BCUT2D eigenvalue weighted by Crippen LogP contribution is 2.16. The summed E-state index contributed by atoms with van der Waals surface area (Å²) in [5, 5.41) is 14.1. The largest absolute Gasteiger partial charge is 0.477 e.